The summed E-state index contributed by atoms with van der Waals surface area (Å²) in [5, 5.41) is 2.91. The van der Waals surface area contributed by atoms with Crippen LogP contribution in [0.5, 0.6) is 0 Å². The van der Waals surface area contributed by atoms with Gasteiger partial charge in [0.1, 0.15) is 12.0 Å². The van der Waals surface area contributed by atoms with Gasteiger partial charge in [-0.1, -0.05) is 24.3 Å². The van der Waals surface area contributed by atoms with Gasteiger partial charge in [0.2, 0.25) is 0 Å². The van der Waals surface area contributed by atoms with E-state index in [2.05, 4.69) is 15.2 Å². The summed E-state index contributed by atoms with van der Waals surface area (Å²) in [4.78, 5) is 34.2. The van der Waals surface area contributed by atoms with Crippen LogP contribution in [0.3, 0.4) is 0 Å². The Morgan fingerprint density at radius 2 is 1.97 bits per heavy atom. The number of fused-ring (bicyclic) bond motifs is 1. The molecule has 6 nitrogen and oxygen atoms in total. The van der Waals surface area contributed by atoms with Crippen molar-refractivity contribution in [2.45, 2.75) is 38.4 Å². The zero-order chi connectivity index (χ0) is 26.4. The van der Waals surface area contributed by atoms with Crippen LogP contribution in [0, 0.1) is 12.7 Å². The number of halogens is 2. The first kappa shape index (κ1) is 24.6. The number of hydrogen-bond donors (Lipinski definition) is 2. The predicted octanol–water partition coefficient (Wildman–Crippen LogP) is 5.27. The molecule has 2 atom stereocenters. The fourth-order valence-electron chi connectivity index (χ4n) is 6.03. The second-order valence-corrected chi connectivity index (χ2v) is 10.5. The van der Waals surface area contributed by atoms with Crippen molar-refractivity contribution in [2.24, 2.45) is 0 Å². The topological polar surface area (TPSA) is 68.4 Å². The Balaban J connectivity index is 1.34. The molecule has 2 N–H and O–H groups in total. The Morgan fingerprint density at radius 3 is 2.76 bits per heavy atom. The highest BCUT2D eigenvalue weighted by molar-refractivity contribution is 6.36. The van der Waals surface area contributed by atoms with Crippen molar-refractivity contribution in [1.29, 1.82) is 0 Å². The van der Waals surface area contributed by atoms with Gasteiger partial charge in [-0.2, -0.15) is 0 Å². The number of amides is 2. The minimum absolute atomic E-state index is 0.0404. The van der Waals surface area contributed by atoms with E-state index in [0.717, 1.165) is 30.6 Å². The van der Waals surface area contributed by atoms with E-state index in [-0.39, 0.29) is 23.7 Å². The number of aryl methyl sites for hydroxylation is 1. The number of benzene rings is 2. The summed E-state index contributed by atoms with van der Waals surface area (Å²) in [5.41, 5.74) is 5.04. The number of nitrogens with zero attached hydrogens (tertiary/aromatic N) is 2. The maximum Gasteiger partial charge on any atom is 0.256 e. The summed E-state index contributed by atoms with van der Waals surface area (Å²) >= 11 is 0. The number of aromatic nitrogens is 1. The Morgan fingerprint density at radius 1 is 1.13 bits per heavy atom. The smallest absolute Gasteiger partial charge is 0.256 e. The van der Waals surface area contributed by atoms with Crippen LogP contribution in [0.25, 0.3) is 22.8 Å². The van der Waals surface area contributed by atoms with E-state index in [0.29, 0.717) is 59.7 Å². The molecule has 0 bridgehead atoms. The molecule has 4 heterocycles. The van der Waals surface area contributed by atoms with E-state index in [1.165, 1.54) is 12.1 Å². The van der Waals surface area contributed by atoms with Gasteiger partial charge in [-0.25, -0.2) is 8.78 Å². The van der Waals surface area contributed by atoms with Crippen molar-refractivity contribution in [3.8, 4) is 11.1 Å². The first-order valence-electron chi connectivity index (χ1n) is 13.2. The number of anilines is 1. The number of hydrogen-bond acceptors (Lipinski definition) is 3. The number of alkyl halides is 1. The van der Waals surface area contributed by atoms with Gasteiger partial charge < -0.3 is 15.2 Å². The molecule has 0 radical (unpaired) electrons. The van der Waals surface area contributed by atoms with Gasteiger partial charge in [-0.05, 0) is 67.7 Å². The molecular weight excluding hydrogens is 486 g/mol. The normalized spacial score (nSPS) is 22.3. The van der Waals surface area contributed by atoms with Gasteiger partial charge in [0.05, 0.1) is 16.8 Å². The van der Waals surface area contributed by atoms with Crippen LogP contribution in [0.4, 0.5) is 14.5 Å². The van der Waals surface area contributed by atoms with Gasteiger partial charge in [0, 0.05) is 49.2 Å². The van der Waals surface area contributed by atoms with Crippen LogP contribution in [-0.4, -0.2) is 65.0 Å². The van der Waals surface area contributed by atoms with Crippen molar-refractivity contribution < 1.29 is 18.4 Å². The summed E-state index contributed by atoms with van der Waals surface area (Å²) in [5.74, 6) is -0.716. The fraction of sp³-hybridized carbons (Fsp3) is 0.333. The molecule has 1 aromatic heterocycles. The molecule has 0 unspecified atom stereocenters. The minimum atomic E-state index is -0.788. The Labute approximate surface area is 220 Å². The number of aromatic amines is 1. The second kappa shape index (κ2) is 9.83. The van der Waals surface area contributed by atoms with Gasteiger partial charge in [-0.15, -0.1) is 0 Å². The van der Waals surface area contributed by atoms with Crippen molar-refractivity contribution in [3.05, 3.63) is 76.9 Å². The maximum atomic E-state index is 14.0. The maximum absolute atomic E-state index is 14.0. The van der Waals surface area contributed by atoms with Crippen LogP contribution in [0.2, 0.25) is 0 Å². The quantitative estimate of drug-likeness (QED) is 0.454. The third-order valence-electron chi connectivity index (χ3n) is 7.79. The summed E-state index contributed by atoms with van der Waals surface area (Å²) in [6, 6.07) is 13.7. The van der Waals surface area contributed by atoms with E-state index in [9.17, 15) is 18.4 Å². The summed E-state index contributed by atoms with van der Waals surface area (Å²) in [6.45, 7) is 4.37. The van der Waals surface area contributed by atoms with E-state index < -0.39 is 6.17 Å². The van der Waals surface area contributed by atoms with Gasteiger partial charge >= 0.3 is 0 Å². The van der Waals surface area contributed by atoms with E-state index in [1.54, 1.807) is 12.1 Å². The van der Waals surface area contributed by atoms with Gasteiger partial charge in [0.15, 0.2) is 0 Å². The van der Waals surface area contributed by atoms with E-state index in [1.807, 2.05) is 42.2 Å². The van der Waals surface area contributed by atoms with Crippen molar-refractivity contribution >= 4 is 29.2 Å². The largest absolute Gasteiger partial charge is 0.358 e. The first-order chi connectivity index (χ1) is 18.4. The SMILES string of the molecule is Cc1cc(C(=O)N2CCC[C@H]2CN2CC[C@H](F)C2)c(C=C2C(=O)Nc3cccc(-c4cccc(F)c4)c32)[nH]1. The van der Waals surface area contributed by atoms with Crippen LogP contribution in [0.15, 0.2) is 48.5 Å². The molecule has 3 aromatic rings. The van der Waals surface area contributed by atoms with Crippen molar-refractivity contribution in [3.63, 3.8) is 0 Å². The summed E-state index contributed by atoms with van der Waals surface area (Å²) in [6.07, 6.45) is 3.30. The molecule has 2 saturated heterocycles. The van der Waals surface area contributed by atoms with Crippen LogP contribution >= 0.6 is 0 Å². The number of carbonyl (C=O) groups excluding carboxylic acids is 2. The molecule has 0 saturated carbocycles. The molecule has 8 heteroatoms. The number of likely N-dealkylation sites (tertiary alicyclic amines) is 2. The van der Waals surface area contributed by atoms with Crippen LogP contribution in [0.1, 0.15) is 46.6 Å². The highest BCUT2D eigenvalue weighted by Gasteiger charge is 2.35. The fourth-order valence-corrected chi connectivity index (χ4v) is 6.03. The van der Waals surface area contributed by atoms with Crippen molar-refractivity contribution in [2.75, 3.05) is 31.5 Å². The average Bonchev–Trinajstić information content (AvgIpc) is 3.67. The molecule has 2 aromatic carbocycles. The molecule has 38 heavy (non-hydrogen) atoms. The molecule has 6 rings (SSSR count). The first-order valence-corrected chi connectivity index (χ1v) is 13.2. The number of nitrogens with one attached hydrogen (secondary N) is 2. The van der Waals surface area contributed by atoms with Crippen molar-refractivity contribution in [1.82, 2.24) is 14.8 Å². The Hall–Kier alpha value is -3.78. The number of rotatable bonds is 5. The number of H-pyrrole nitrogens is 1. The van der Waals surface area contributed by atoms with E-state index in [4.69, 9.17) is 0 Å². The van der Waals surface area contributed by atoms with Gasteiger partial charge in [-0.3, -0.25) is 14.5 Å². The minimum Gasteiger partial charge on any atom is -0.358 e. The molecule has 3 aliphatic rings. The lowest BCUT2D eigenvalue weighted by Crippen LogP contribution is -2.42. The lowest BCUT2D eigenvalue weighted by Gasteiger charge is -2.28. The third kappa shape index (κ3) is 4.53. The molecular formula is C30H30F2N4O2. The lowest BCUT2D eigenvalue weighted by molar-refractivity contribution is -0.110. The molecule has 0 aliphatic carbocycles. The molecule has 0 spiro atoms. The van der Waals surface area contributed by atoms with Crippen LogP contribution in [-0.2, 0) is 4.79 Å². The Bertz CT molecular complexity index is 1450. The predicted molar refractivity (Wildman–Crippen MR) is 144 cm³/mol. The summed E-state index contributed by atoms with van der Waals surface area (Å²) < 4.78 is 27.8. The summed E-state index contributed by atoms with van der Waals surface area (Å²) in [7, 11) is 0. The molecule has 2 amide bonds. The lowest BCUT2D eigenvalue weighted by atomic mass is 9.94. The highest BCUT2D eigenvalue weighted by Crippen LogP contribution is 2.41. The third-order valence-corrected chi connectivity index (χ3v) is 7.79. The zero-order valence-corrected chi connectivity index (χ0v) is 21.3. The monoisotopic (exact) mass is 516 g/mol. The molecule has 3 aliphatic heterocycles. The van der Waals surface area contributed by atoms with Gasteiger partial charge in [0.25, 0.3) is 11.8 Å². The van der Waals surface area contributed by atoms with E-state index >= 15 is 0 Å². The van der Waals surface area contributed by atoms with Crippen LogP contribution < -0.4 is 5.32 Å². The number of carbonyl (C=O) groups is 2. The molecule has 196 valence electrons. The Kier molecular flexibility index (Phi) is 6.35. The standard InChI is InChI=1S/C30H30F2N4O2/c1-18-13-24(30(38)36-11-4-7-22(36)17-35-12-10-21(32)16-35)27(33-18)15-25-28-23(19-5-2-6-20(31)14-19)8-3-9-26(28)34-29(25)37/h2-3,5-6,8-9,13-15,21-22,33H,4,7,10-12,16-17H2,1H3,(H,34,37)/t21-,22-/m0/s1. The highest BCUT2D eigenvalue weighted by atomic mass is 19.1. The second-order valence-electron chi connectivity index (χ2n) is 10.5. The molecule has 2 fully saturated rings. The average molecular weight is 517 g/mol. The zero-order valence-electron chi connectivity index (χ0n) is 21.3.